The van der Waals surface area contributed by atoms with E-state index < -0.39 is 15.6 Å². The van der Waals surface area contributed by atoms with Crippen LogP contribution < -0.4 is 11.3 Å². The lowest BCUT2D eigenvalue weighted by atomic mass is 10.0. The summed E-state index contributed by atoms with van der Waals surface area (Å²) < 4.78 is 27.2. The van der Waals surface area contributed by atoms with Crippen molar-refractivity contribution in [2.45, 2.75) is 51.5 Å². The van der Waals surface area contributed by atoms with Crippen LogP contribution in [0.5, 0.6) is 0 Å². The van der Waals surface area contributed by atoms with Gasteiger partial charge in [0.05, 0.1) is 4.90 Å². The van der Waals surface area contributed by atoms with Gasteiger partial charge in [-0.1, -0.05) is 6.92 Å². The Bertz CT molecular complexity index is 571. The summed E-state index contributed by atoms with van der Waals surface area (Å²) in [6, 6.07) is 3.49. The lowest BCUT2D eigenvalue weighted by Gasteiger charge is -2.34. The molecule has 0 atom stereocenters. The van der Waals surface area contributed by atoms with E-state index in [9.17, 15) is 8.42 Å². The summed E-state index contributed by atoms with van der Waals surface area (Å²) in [4.78, 5) is 0.362. The van der Waals surface area contributed by atoms with E-state index in [1.54, 1.807) is 33.0 Å². The second-order valence-electron chi connectivity index (χ2n) is 5.72. The second kappa shape index (κ2) is 5.71. The number of hydrogen-bond donors (Lipinski definition) is 2. The maximum Gasteiger partial charge on any atom is 0.243 e. The van der Waals surface area contributed by atoms with Gasteiger partial charge in [-0.15, -0.1) is 0 Å². The van der Waals surface area contributed by atoms with Gasteiger partial charge >= 0.3 is 0 Å². The lowest BCUT2D eigenvalue weighted by Crippen LogP contribution is -2.44. The van der Waals surface area contributed by atoms with Crippen LogP contribution in [0.25, 0.3) is 0 Å². The largest absolute Gasteiger partial charge is 0.324 e. The zero-order valence-electron chi connectivity index (χ0n) is 13.1. The van der Waals surface area contributed by atoms with Crippen molar-refractivity contribution >= 4 is 15.7 Å². The van der Waals surface area contributed by atoms with Gasteiger partial charge in [-0.25, -0.2) is 8.42 Å². The van der Waals surface area contributed by atoms with E-state index in [2.05, 4.69) is 5.43 Å². The molecule has 0 spiro atoms. The summed E-state index contributed by atoms with van der Waals surface area (Å²) in [5.74, 6) is 5.39. The maximum atomic E-state index is 12.9. The Labute approximate surface area is 122 Å². The lowest BCUT2D eigenvalue weighted by molar-refractivity contribution is 0.257. The summed E-state index contributed by atoms with van der Waals surface area (Å²) in [7, 11) is -1.90. The van der Waals surface area contributed by atoms with Gasteiger partial charge in [0.15, 0.2) is 0 Å². The zero-order chi connectivity index (χ0) is 15.7. The van der Waals surface area contributed by atoms with Gasteiger partial charge in [0, 0.05) is 18.3 Å². The number of hydrogen-bond acceptors (Lipinski definition) is 4. The summed E-state index contributed by atoms with van der Waals surface area (Å²) in [5.41, 5.74) is 4.21. The van der Waals surface area contributed by atoms with E-state index in [4.69, 9.17) is 5.84 Å². The fraction of sp³-hybridized carbons (Fsp3) is 0.571. The first-order chi connectivity index (χ1) is 9.07. The summed E-state index contributed by atoms with van der Waals surface area (Å²) >= 11 is 0. The molecule has 0 fully saturated rings. The first kappa shape index (κ1) is 16.9. The van der Waals surface area contributed by atoms with E-state index in [0.29, 0.717) is 21.7 Å². The first-order valence-corrected chi connectivity index (χ1v) is 8.08. The van der Waals surface area contributed by atoms with Crippen LogP contribution in [-0.2, 0) is 10.0 Å². The standard InChI is InChI=1S/C14H25N3O2S/c1-7-14(4,5)17(6)20(18,19)13-10(2)8-12(16-15)9-11(13)3/h8-9,16H,7,15H2,1-6H3. The number of nitrogen functional groups attached to an aromatic ring is 1. The fourth-order valence-corrected chi connectivity index (χ4v) is 4.11. The molecule has 0 amide bonds. The molecule has 0 saturated carbocycles. The molecule has 0 heterocycles. The average Bonchev–Trinajstić information content (AvgIpc) is 2.36. The molecule has 114 valence electrons. The quantitative estimate of drug-likeness (QED) is 0.646. The molecular formula is C14H25N3O2S. The van der Waals surface area contributed by atoms with Crippen LogP contribution in [0.1, 0.15) is 38.3 Å². The van der Waals surface area contributed by atoms with Gasteiger partial charge in [0.2, 0.25) is 10.0 Å². The third-order valence-corrected chi connectivity index (χ3v) is 6.34. The molecule has 0 aromatic heterocycles. The van der Waals surface area contributed by atoms with Crippen molar-refractivity contribution in [3.05, 3.63) is 23.3 Å². The third-order valence-electron chi connectivity index (χ3n) is 3.96. The Balaban J connectivity index is 3.44. The van der Waals surface area contributed by atoms with Crippen molar-refractivity contribution in [2.75, 3.05) is 12.5 Å². The number of hydrazine groups is 1. The van der Waals surface area contributed by atoms with Gasteiger partial charge in [-0.3, -0.25) is 5.84 Å². The molecule has 0 saturated heterocycles. The van der Waals surface area contributed by atoms with Crippen LogP contribution in [-0.4, -0.2) is 25.3 Å². The predicted molar refractivity (Wildman–Crippen MR) is 83.0 cm³/mol. The Morgan fingerprint density at radius 2 is 1.70 bits per heavy atom. The minimum Gasteiger partial charge on any atom is -0.324 e. The summed E-state index contributed by atoms with van der Waals surface area (Å²) in [6.07, 6.45) is 0.739. The van der Waals surface area contributed by atoms with Gasteiger partial charge in [-0.2, -0.15) is 4.31 Å². The van der Waals surface area contributed by atoms with E-state index >= 15 is 0 Å². The topological polar surface area (TPSA) is 75.4 Å². The number of rotatable bonds is 5. The van der Waals surface area contributed by atoms with Crippen LogP contribution in [0.4, 0.5) is 5.69 Å². The number of sulfonamides is 1. The molecule has 0 aliphatic heterocycles. The Hall–Kier alpha value is -1.11. The normalized spacial score (nSPS) is 12.8. The molecule has 3 N–H and O–H groups in total. The number of nitrogens with one attached hydrogen (secondary N) is 1. The Morgan fingerprint density at radius 1 is 1.25 bits per heavy atom. The van der Waals surface area contributed by atoms with Gasteiger partial charge in [0.25, 0.3) is 0 Å². The zero-order valence-corrected chi connectivity index (χ0v) is 13.9. The number of anilines is 1. The first-order valence-electron chi connectivity index (χ1n) is 6.64. The SMILES string of the molecule is CCC(C)(C)N(C)S(=O)(=O)c1c(C)cc(NN)cc1C. The monoisotopic (exact) mass is 299 g/mol. The number of nitrogens with two attached hydrogens (primary N) is 1. The van der Waals surface area contributed by atoms with Crippen LogP contribution in [0.2, 0.25) is 0 Å². The Morgan fingerprint density at radius 3 is 2.05 bits per heavy atom. The molecule has 1 aromatic rings. The average molecular weight is 299 g/mol. The van der Waals surface area contributed by atoms with Crippen LogP contribution in [0.3, 0.4) is 0 Å². The van der Waals surface area contributed by atoms with E-state index in [-0.39, 0.29) is 0 Å². The molecular weight excluding hydrogens is 274 g/mol. The van der Waals surface area contributed by atoms with Crippen molar-refractivity contribution in [3.8, 4) is 0 Å². The highest BCUT2D eigenvalue weighted by Gasteiger charge is 2.34. The summed E-state index contributed by atoms with van der Waals surface area (Å²) in [6.45, 7) is 9.39. The van der Waals surface area contributed by atoms with Crippen molar-refractivity contribution in [1.29, 1.82) is 0 Å². The smallest absolute Gasteiger partial charge is 0.243 e. The minimum absolute atomic E-state index is 0.362. The molecule has 0 aliphatic rings. The van der Waals surface area contributed by atoms with Crippen molar-refractivity contribution in [2.24, 2.45) is 5.84 Å². The highest BCUT2D eigenvalue weighted by atomic mass is 32.2. The molecule has 1 rings (SSSR count). The van der Waals surface area contributed by atoms with Gasteiger partial charge < -0.3 is 5.43 Å². The molecule has 1 aromatic carbocycles. The van der Waals surface area contributed by atoms with Crippen LogP contribution in [0, 0.1) is 13.8 Å². The molecule has 0 bridgehead atoms. The van der Waals surface area contributed by atoms with Crippen molar-refractivity contribution in [3.63, 3.8) is 0 Å². The van der Waals surface area contributed by atoms with E-state index in [0.717, 1.165) is 6.42 Å². The predicted octanol–water partition coefficient (Wildman–Crippen LogP) is 2.40. The molecule has 5 nitrogen and oxygen atoms in total. The molecule has 0 aliphatic carbocycles. The highest BCUT2D eigenvalue weighted by Crippen LogP contribution is 2.30. The van der Waals surface area contributed by atoms with Gasteiger partial charge in [-0.05, 0) is 57.4 Å². The second-order valence-corrected chi connectivity index (χ2v) is 7.63. The number of nitrogens with zero attached hydrogens (tertiary/aromatic N) is 1. The van der Waals surface area contributed by atoms with Gasteiger partial charge in [0.1, 0.15) is 0 Å². The number of benzene rings is 1. The van der Waals surface area contributed by atoms with Crippen molar-refractivity contribution in [1.82, 2.24) is 4.31 Å². The fourth-order valence-electron chi connectivity index (χ4n) is 2.13. The van der Waals surface area contributed by atoms with E-state index in [1.807, 2.05) is 20.8 Å². The van der Waals surface area contributed by atoms with E-state index in [1.165, 1.54) is 4.31 Å². The third kappa shape index (κ3) is 2.97. The molecule has 20 heavy (non-hydrogen) atoms. The minimum atomic E-state index is -3.53. The summed E-state index contributed by atoms with van der Waals surface area (Å²) in [5, 5.41) is 0. The van der Waals surface area contributed by atoms with Crippen LogP contribution >= 0.6 is 0 Å². The molecule has 6 heteroatoms. The highest BCUT2D eigenvalue weighted by molar-refractivity contribution is 7.89. The maximum absolute atomic E-state index is 12.9. The van der Waals surface area contributed by atoms with Crippen molar-refractivity contribution < 1.29 is 8.42 Å². The molecule has 0 unspecified atom stereocenters. The number of aryl methyl sites for hydroxylation is 2. The Kier molecular flexibility index (Phi) is 4.84. The van der Waals surface area contributed by atoms with Crippen LogP contribution in [0.15, 0.2) is 17.0 Å². The molecule has 0 radical (unpaired) electrons.